The topological polar surface area (TPSA) is 76.6 Å². The molecule has 1 atom stereocenters. The standard InChI is InChI=1S/C22H18ClF3N2O4S/c1-14(15-6-4-3-5-7-15)28(20-19(23)12-17(13-27-20)22(24,25)26)33(30,31)18-10-8-16(9-11-18)21(29)32-2/h3-14H,1-2H3/t14-/m1/s1. The Labute approximate surface area is 193 Å². The van der Waals surface area contributed by atoms with Gasteiger partial charge in [-0.25, -0.2) is 22.5 Å². The molecule has 1 heterocycles. The normalized spacial score (nSPS) is 12.8. The van der Waals surface area contributed by atoms with Gasteiger partial charge in [-0.2, -0.15) is 13.2 Å². The maximum Gasteiger partial charge on any atom is 0.417 e. The largest absolute Gasteiger partial charge is 0.465 e. The summed E-state index contributed by atoms with van der Waals surface area (Å²) in [5.41, 5.74) is -0.418. The van der Waals surface area contributed by atoms with Crippen molar-refractivity contribution >= 4 is 33.4 Å². The number of pyridine rings is 1. The predicted molar refractivity (Wildman–Crippen MR) is 117 cm³/mol. The summed E-state index contributed by atoms with van der Waals surface area (Å²) in [5.74, 6) is -1.01. The van der Waals surface area contributed by atoms with Gasteiger partial charge in [0.2, 0.25) is 0 Å². The third-order valence-electron chi connectivity index (χ3n) is 4.82. The van der Waals surface area contributed by atoms with E-state index < -0.39 is 38.8 Å². The summed E-state index contributed by atoms with van der Waals surface area (Å²) in [6.45, 7) is 1.56. The fourth-order valence-corrected chi connectivity index (χ4v) is 5.04. The second-order valence-electron chi connectivity index (χ2n) is 6.93. The molecule has 0 aliphatic rings. The fraction of sp³-hybridized carbons (Fsp3) is 0.182. The Morgan fingerprint density at radius 1 is 1.09 bits per heavy atom. The molecule has 0 saturated heterocycles. The maximum atomic E-state index is 13.6. The Bertz CT molecular complexity index is 1250. The van der Waals surface area contributed by atoms with Crippen molar-refractivity contribution < 1.29 is 31.1 Å². The molecule has 1 aromatic heterocycles. The summed E-state index contributed by atoms with van der Waals surface area (Å²) in [5, 5.41) is -0.484. The van der Waals surface area contributed by atoms with Crippen molar-refractivity contribution in [2.24, 2.45) is 0 Å². The molecule has 0 fully saturated rings. The minimum atomic E-state index is -4.70. The summed E-state index contributed by atoms with van der Waals surface area (Å²) >= 11 is 6.11. The van der Waals surface area contributed by atoms with Crippen LogP contribution in [0.5, 0.6) is 0 Å². The molecule has 33 heavy (non-hydrogen) atoms. The lowest BCUT2D eigenvalue weighted by atomic mass is 10.1. The maximum absolute atomic E-state index is 13.6. The number of methoxy groups -OCH3 is 1. The van der Waals surface area contributed by atoms with E-state index in [-0.39, 0.29) is 16.3 Å². The van der Waals surface area contributed by atoms with Gasteiger partial charge in [-0.15, -0.1) is 0 Å². The number of alkyl halides is 3. The molecule has 0 saturated carbocycles. The van der Waals surface area contributed by atoms with E-state index in [4.69, 9.17) is 11.6 Å². The van der Waals surface area contributed by atoms with Crippen LogP contribution in [-0.2, 0) is 20.9 Å². The number of aromatic nitrogens is 1. The van der Waals surface area contributed by atoms with Crippen LogP contribution in [0, 0.1) is 0 Å². The summed E-state index contributed by atoms with van der Waals surface area (Å²) in [7, 11) is -3.18. The minimum absolute atomic E-state index is 0.129. The monoisotopic (exact) mass is 498 g/mol. The average molecular weight is 499 g/mol. The highest BCUT2D eigenvalue weighted by Gasteiger charge is 2.36. The van der Waals surface area contributed by atoms with Gasteiger partial charge < -0.3 is 4.74 Å². The van der Waals surface area contributed by atoms with Crippen LogP contribution >= 0.6 is 11.6 Å². The second-order valence-corrected chi connectivity index (χ2v) is 9.15. The number of hydrogen-bond acceptors (Lipinski definition) is 5. The first-order valence-electron chi connectivity index (χ1n) is 9.47. The van der Waals surface area contributed by atoms with Crippen LogP contribution in [0.3, 0.4) is 0 Å². The van der Waals surface area contributed by atoms with Gasteiger partial charge in [-0.05, 0) is 42.8 Å². The van der Waals surface area contributed by atoms with Gasteiger partial charge in [-0.3, -0.25) is 0 Å². The zero-order valence-corrected chi connectivity index (χ0v) is 18.9. The van der Waals surface area contributed by atoms with Gasteiger partial charge in [-0.1, -0.05) is 41.9 Å². The Morgan fingerprint density at radius 3 is 2.21 bits per heavy atom. The van der Waals surface area contributed by atoms with Crippen LogP contribution in [0.25, 0.3) is 0 Å². The lowest BCUT2D eigenvalue weighted by molar-refractivity contribution is -0.137. The quantitative estimate of drug-likeness (QED) is 0.420. The molecule has 0 radical (unpaired) electrons. The van der Waals surface area contributed by atoms with E-state index >= 15 is 0 Å². The first kappa shape index (κ1) is 24.5. The Balaban J connectivity index is 2.16. The van der Waals surface area contributed by atoms with E-state index in [0.29, 0.717) is 17.8 Å². The lowest BCUT2D eigenvalue weighted by Gasteiger charge is -2.30. The van der Waals surface area contributed by atoms with Crippen molar-refractivity contribution in [2.75, 3.05) is 11.4 Å². The molecule has 2 aromatic carbocycles. The van der Waals surface area contributed by atoms with Crippen molar-refractivity contribution in [1.29, 1.82) is 0 Å². The summed E-state index contributed by atoms with van der Waals surface area (Å²) in [4.78, 5) is 15.2. The van der Waals surface area contributed by atoms with Crippen LogP contribution in [0.2, 0.25) is 5.02 Å². The number of hydrogen-bond donors (Lipinski definition) is 0. The molecule has 174 valence electrons. The fourth-order valence-electron chi connectivity index (χ4n) is 3.11. The van der Waals surface area contributed by atoms with E-state index in [9.17, 15) is 26.4 Å². The first-order chi connectivity index (χ1) is 15.5. The van der Waals surface area contributed by atoms with Crippen molar-refractivity contribution in [3.8, 4) is 0 Å². The number of carbonyl (C=O) groups is 1. The third-order valence-corrected chi connectivity index (χ3v) is 6.98. The molecule has 0 amide bonds. The van der Waals surface area contributed by atoms with Gasteiger partial charge in [0.25, 0.3) is 10.0 Å². The highest BCUT2D eigenvalue weighted by molar-refractivity contribution is 7.92. The number of ether oxygens (including phenoxy) is 1. The van der Waals surface area contributed by atoms with Crippen molar-refractivity contribution in [3.63, 3.8) is 0 Å². The summed E-state index contributed by atoms with van der Waals surface area (Å²) < 4.78 is 72.0. The smallest absolute Gasteiger partial charge is 0.417 e. The first-order valence-corrected chi connectivity index (χ1v) is 11.3. The van der Waals surface area contributed by atoms with E-state index in [0.717, 1.165) is 4.31 Å². The van der Waals surface area contributed by atoms with Crippen LogP contribution in [0.4, 0.5) is 19.0 Å². The molecule has 0 aliphatic carbocycles. The summed E-state index contributed by atoms with van der Waals surface area (Å²) in [6.07, 6.45) is -4.17. The number of anilines is 1. The number of benzene rings is 2. The second kappa shape index (κ2) is 9.40. The van der Waals surface area contributed by atoms with Gasteiger partial charge in [0.15, 0.2) is 5.82 Å². The van der Waals surface area contributed by atoms with E-state index in [2.05, 4.69) is 9.72 Å². The van der Waals surface area contributed by atoms with Crippen LogP contribution in [0.1, 0.15) is 34.5 Å². The Kier molecular flexibility index (Phi) is 6.99. The molecule has 0 aliphatic heterocycles. The number of esters is 1. The van der Waals surface area contributed by atoms with E-state index in [1.165, 1.54) is 31.4 Å². The van der Waals surface area contributed by atoms with Crippen molar-refractivity contribution in [3.05, 3.63) is 88.6 Å². The number of rotatable bonds is 6. The molecule has 0 N–H and O–H groups in total. The zero-order chi connectivity index (χ0) is 24.4. The molecule has 0 bridgehead atoms. The number of carbonyl (C=O) groups excluding carboxylic acids is 1. The van der Waals surface area contributed by atoms with Crippen LogP contribution < -0.4 is 4.31 Å². The van der Waals surface area contributed by atoms with Gasteiger partial charge in [0, 0.05) is 6.20 Å². The molecule has 6 nitrogen and oxygen atoms in total. The SMILES string of the molecule is COC(=O)c1ccc(S(=O)(=O)N(c2ncc(C(F)(F)F)cc2Cl)[C@H](C)c2ccccc2)cc1. The van der Waals surface area contributed by atoms with Crippen LogP contribution in [-0.4, -0.2) is 26.5 Å². The van der Waals surface area contributed by atoms with Crippen molar-refractivity contribution in [2.45, 2.75) is 24.0 Å². The molecule has 3 aromatic rings. The summed E-state index contributed by atoms with van der Waals surface area (Å²) in [6, 6.07) is 13.2. The predicted octanol–water partition coefficient (Wildman–Crippen LogP) is 5.50. The van der Waals surface area contributed by atoms with Crippen molar-refractivity contribution in [1.82, 2.24) is 4.98 Å². The van der Waals surface area contributed by atoms with E-state index in [1.807, 2.05) is 0 Å². The molecule has 0 spiro atoms. The molecular weight excluding hydrogens is 481 g/mol. The molecule has 11 heteroatoms. The Hall–Kier alpha value is -3.11. The van der Waals surface area contributed by atoms with Gasteiger partial charge in [0.05, 0.1) is 34.2 Å². The minimum Gasteiger partial charge on any atom is -0.465 e. The zero-order valence-electron chi connectivity index (χ0n) is 17.4. The highest BCUT2D eigenvalue weighted by atomic mass is 35.5. The number of sulfonamides is 1. The molecule has 0 unspecified atom stereocenters. The molecule has 3 rings (SSSR count). The third kappa shape index (κ3) is 5.12. The number of nitrogens with zero attached hydrogens (tertiary/aromatic N) is 2. The lowest BCUT2D eigenvalue weighted by Crippen LogP contribution is -2.34. The van der Waals surface area contributed by atoms with Crippen LogP contribution in [0.15, 0.2) is 71.8 Å². The Morgan fingerprint density at radius 2 is 1.70 bits per heavy atom. The molecular formula is C22H18ClF3N2O4S. The van der Waals surface area contributed by atoms with Gasteiger partial charge >= 0.3 is 12.1 Å². The van der Waals surface area contributed by atoms with E-state index in [1.54, 1.807) is 37.3 Å². The average Bonchev–Trinajstić information content (AvgIpc) is 2.79. The van der Waals surface area contributed by atoms with Gasteiger partial charge in [0.1, 0.15) is 0 Å². The number of halogens is 4. The highest BCUT2D eigenvalue weighted by Crippen LogP contribution is 2.39.